The van der Waals surface area contributed by atoms with Gasteiger partial charge in [0.15, 0.2) is 0 Å². The van der Waals surface area contributed by atoms with Crippen molar-refractivity contribution in [2.45, 2.75) is 26.2 Å². The minimum atomic E-state index is -0.180. The van der Waals surface area contributed by atoms with E-state index in [0.717, 1.165) is 4.47 Å². The third kappa shape index (κ3) is 3.91. The predicted octanol–water partition coefficient (Wildman–Crippen LogP) is 4.98. The van der Waals surface area contributed by atoms with Crippen molar-refractivity contribution < 1.29 is 4.74 Å². The molecule has 0 aliphatic rings. The third-order valence-electron chi connectivity index (χ3n) is 2.36. The first-order chi connectivity index (χ1) is 8.84. The topological polar surface area (TPSA) is 35.0 Å². The van der Waals surface area contributed by atoms with Crippen LogP contribution in [0.3, 0.4) is 0 Å². The monoisotopic (exact) mass is 340 g/mol. The fourth-order valence-electron chi connectivity index (χ4n) is 1.44. The van der Waals surface area contributed by atoms with Gasteiger partial charge in [0.2, 0.25) is 5.88 Å². The molecular formula is C14H14BrClN2O. The summed E-state index contributed by atoms with van der Waals surface area (Å²) in [5.74, 6) is 1.80. The van der Waals surface area contributed by atoms with Crippen LogP contribution >= 0.6 is 27.5 Å². The molecule has 0 radical (unpaired) electrons. The highest BCUT2D eigenvalue weighted by Crippen LogP contribution is 2.27. The molecular weight excluding hydrogens is 328 g/mol. The van der Waals surface area contributed by atoms with E-state index in [-0.39, 0.29) is 5.41 Å². The molecule has 2 rings (SSSR count). The summed E-state index contributed by atoms with van der Waals surface area (Å²) in [6.07, 6.45) is 0. The van der Waals surface area contributed by atoms with E-state index >= 15 is 0 Å². The van der Waals surface area contributed by atoms with Gasteiger partial charge in [-0.15, -0.1) is 0 Å². The molecule has 0 atom stereocenters. The number of nitrogens with zero attached hydrogens (tertiary/aromatic N) is 2. The van der Waals surface area contributed by atoms with Gasteiger partial charge in [0.25, 0.3) is 0 Å². The van der Waals surface area contributed by atoms with E-state index in [1.165, 1.54) is 0 Å². The standard InChI is InChI=1S/C14H14BrClN2O/c1-14(2,3)13-17-11(16)8-12(18-13)19-10-6-4-5-9(15)7-10/h4-8H,1-3H3. The maximum absolute atomic E-state index is 6.01. The van der Waals surface area contributed by atoms with Crippen molar-refractivity contribution in [1.82, 2.24) is 9.97 Å². The number of hydrogen-bond acceptors (Lipinski definition) is 3. The summed E-state index contributed by atoms with van der Waals surface area (Å²) < 4.78 is 6.66. The summed E-state index contributed by atoms with van der Waals surface area (Å²) in [6.45, 7) is 6.09. The largest absolute Gasteiger partial charge is 0.439 e. The van der Waals surface area contributed by atoms with Crippen molar-refractivity contribution in [2.75, 3.05) is 0 Å². The van der Waals surface area contributed by atoms with Crippen LogP contribution in [0.1, 0.15) is 26.6 Å². The van der Waals surface area contributed by atoms with Gasteiger partial charge in [-0.1, -0.05) is 54.4 Å². The van der Waals surface area contributed by atoms with Gasteiger partial charge in [0.05, 0.1) is 0 Å². The minimum Gasteiger partial charge on any atom is -0.439 e. The van der Waals surface area contributed by atoms with Crippen molar-refractivity contribution >= 4 is 27.5 Å². The Morgan fingerprint density at radius 1 is 1.16 bits per heavy atom. The smallest absolute Gasteiger partial charge is 0.224 e. The van der Waals surface area contributed by atoms with Gasteiger partial charge in [-0.2, -0.15) is 4.98 Å². The molecule has 5 heteroatoms. The minimum absolute atomic E-state index is 0.180. The molecule has 0 amide bonds. The Balaban J connectivity index is 2.33. The van der Waals surface area contributed by atoms with Gasteiger partial charge in [-0.25, -0.2) is 4.98 Å². The van der Waals surface area contributed by atoms with Gasteiger partial charge in [0.1, 0.15) is 16.7 Å². The van der Waals surface area contributed by atoms with E-state index in [9.17, 15) is 0 Å². The highest BCUT2D eigenvalue weighted by molar-refractivity contribution is 9.10. The van der Waals surface area contributed by atoms with Crippen LogP contribution in [0, 0.1) is 0 Å². The van der Waals surface area contributed by atoms with E-state index < -0.39 is 0 Å². The lowest BCUT2D eigenvalue weighted by atomic mass is 9.96. The van der Waals surface area contributed by atoms with Crippen LogP contribution in [0.15, 0.2) is 34.8 Å². The fourth-order valence-corrected chi connectivity index (χ4v) is 1.99. The third-order valence-corrected chi connectivity index (χ3v) is 3.05. The molecule has 0 unspecified atom stereocenters. The molecule has 1 aromatic heterocycles. The maximum Gasteiger partial charge on any atom is 0.224 e. The molecule has 0 saturated carbocycles. The van der Waals surface area contributed by atoms with Crippen LogP contribution < -0.4 is 4.74 Å². The Kier molecular flexibility index (Phi) is 4.11. The second kappa shape index (κ2) is 5.47. The normalized spacial score (nSPS) is 11.4. The quantitative estimate of drug-likeness (QED) is 0.722. The zero-order valence-corrected chi connectivity index (χ0v) is 13.3. The average molecular weight is 342 g/mol. The van der Waals surface area contributed by atoms with E-state index in [4.69, 9.17) is 16.3 Å². The second-order valence-corrected chi connectivity index (χ2v) is 6.46. The maximum atomic E-state index is 6.01. The first kappa shape index (κ1) is 14.3. The summed E-state index contributed by atoms with van der Waals surface area (Å²) >= 11 is 9.41. The summed E-state index contributed by atoms with van der Waals surface area (Å²) in [7, 11) is 0. The van der Waals surface area contributed by atoms with Crippen LogP contribution in [-0.2, 0) is 5.41 Å². The molecule has 1 heterocycles. The van der Waals surface area contributed by atoms with Gasteiger partial charge in [0, 0.05) is 16.0 Å². The summed E-state index contributed by atoms with van der Waals surface area (Å²) in [5.41, 5.74) is -0.180. The van der Waals surface area contributed by atoms with Gasteiger partial charge in [-0.05, 0) is 18.2 Å². The predicted molar refractivity (Wildman–Crippen MR) is 80.0 cm³/mol. The lowest BCUT2D eigenvalue weighted by Gasteiger charge is -2.17. The lowest BCUT2D eigenvalue weighted by Crippen LogP contribution is -2.16. The Hall–Kier alpha value is -1.13. The molecule has 0 saturated heterocycles. The Morgan fingerprint density at radius 2 is 1.89 bits per heavy atom. The van der Waals surface area contributed by atoms with Crippen molar-refractivity contribution in [3.63, 3.8) is 0 Å². The van der Waals surface area contributed by atoms with Crippen LogP contribution in [-0.4, -0.2) is 9.97 Å². The average Bonchev–Trinajstić information content (AvgIpc) is 2.26. The molecule has 3 nitrogen and oxygen atoms in total. The summed E-state index contributed by atoms with van der Waals surface area (Å²) in [5, 5.41) is 0.380. The van der Waals surface area contributed by atoms with E-state index in [1.807, 2.05) is 45.0 Å². The van der Waals surface area contributed by atoms with Crippen molar-refractivity contribution in [2.24, 2.45) is 0 Å². The molecule has 0 aliphatic heterocycles. The van der Waals surface area contributed by atoms with Crippen LogP contribution in [0.2, 0.25) is 5.15 Å². The van der Waals surface area contributed by atoms with Crippen molar-refractivity contribution in [1.29, 1.82) is 0 Å². The Morgan fingerprint density at radius 3 is 2.53 bits per heavy atom. The first-order valence-corrected chi connectivity index (χ1v) is 7.00. The Labute approximate surface area is 126 Å². The van der Waals surface area contributed by atoms with Gasteiger partial charge >= 0.3 is 0 Å². The first-order valence-electron chi connectivity index (χ1n) is 5.83. The second-order valence-electron chi connectivity index (χ2n) is 5.16. The number of aromatic nitrogens is 2. The van der Waals surface area contributed by atoms with Crippen molar-refractivity contribution in [3.8, 4) is 11.6 Å². The van der Waals surface area contributed by atoms with Crippen LogP contribution in [0.5, 0.6) is 11.6 Å². The molecule has 19 heavy (non-hydrogen) atoms. The molecule has 0 spiro atoms. The van der Waals surface area contributed by atoms with Crippen LogP contribution in [0.4, 0.5) is 0 Å². The molecule has 0 fully saturated rings. The zero-order chi connectivity index (χ0) is 14.0. The molecule has 0 bridgehead atoms. The highest BCUT2D eigenvalue weighted by Gasteiger charge is 2.19. The molecule has 100 valence electrons. The number of rotatable bonds is 2. The van der Waals surface area contributed by atoms with Gasteiger partial charge in [-0.3, -0.25) is 0 Å². The molecule has 2 aromatic rings. The van der Waals surface area contributed by atoms with Gasteiger partial charge < -0.3 is 4.74 Å². The summed E-state index contributed by atoms with van der Waals surface area (Å²) in [4.78, 5) is 8.63. The molecule has 0 aliphatic carbocycles. The van der Waals surface area contributed by atoms with E-state index in [0.29, 0.717) is 22.6 Å². The SMILES string of the molecule is CC(C)(C)c1nc(Cl)cc(Oc2cccc(Br)c2)n1. The lowest BCUT2D eigenvalue weighted by molar-refractivity contribution is 0.445. The van der Waals surface area contributed by atoms with Crippen LogP contribution in [0.25, 0.3) is 0 Å². The highest BCUT2D eigenvalue weighted by atomic mass is 79.9. The number of ether oxygens (including phenoxy) is 1. The number of benzene rings is 1. The summed E-state index contributed by atoms with van der Waals surface area (Å²) in [6, 6.07) is 9.16. The number of halogens is 2. The van der Waals surface area contributed by atoms with E-state index in [2.05, 4.69) is 25.9 Å². The number of hydrogen-bond donors (Lipinski definition) is 0. The Bertz CT molecular complexity index is 596. The molecule has 1 aromatic carbocycles. The van der Waals surface area contributed by atoms with Crippen molar-refractivity contribution in [3.05, 3.63) is 45.8 Å². The fraction of sp³-hybridized carbons (Fsp3) is 0.286. The zero-order valence-electron chi connectivity index (χ0n) is 10.9. The van der Waals surface area contributed by atoms with E-state index in [1.54, 1.807) is 6.07 Å². The molecule has 0 N–H and O–H groups in total.